The zero-order chi connectivity index (χ0) is 11.7. The van der Waals surface area contributed by atoms with E-state index in [0.29, 0.717) is 6.10 Å². The van der Waals surface area contributed by atoms with Crippen molar-refractivity contribution in [1.82, 2.24) is 0 Å². The highest BCUT2D eigenvalue weighted by atomic mass is 32.2. The molecule has 2 aliphatic rings. The van der Waals surface area contributed by atoms with E-state index in [1.807, 2.05) is 17.8 Å². The standard InChI is InChI=1S/C14H19NOS/c15-14(7-3-8-14)12-4-1-2-5-13(12)16-11-6-9-17-10-11/h1-2,4-5,11H,3,6-10,15H2. The van der Waals surface area contributed by atoms with Crippen molar-refractivity contribution in [3.63, 3.8) is 0 Å². The molecule has 0 amide bonds. The summed E-state index contributed by atoms with van der Waals surface area (Å²) in [4.78, 5) is 0. The van der Waals surface area contributed by atoms with Crippen molar-refractivity contribution in [3.8, 4) is 5.75 Å². The molecule has 1 aromatic carbocycles. The molecule has 1 aliphatic carbocycles. The van der Waals surface area contributed by atoms with Crippen LogP contribution in [0.5, 0.6) is 5.75 Å². The molecule has 2 fully saturated rings. The molecular weight excluding hydrogens is 230 g/mol. The Balaban J connectivity index is 1.82. The molecular formula is C14H19NOS. The number of benzene rings is 1. The molecule has 1 atom stereocenters. The van der Waals surface area contributed by atoms with Gasteiger partial charge < -0.3 is 10.5 Å². The van der Waals surface area contributed by atoms with Gasteiger partial charge in [-0.3, -0.25) is 0 Å². The average Bonchev–Trinajstić information content (AvgIpc) is 2.80. The number of para-hydroxylation sites is 1. The van der Waals surface area contributed by atoms with E-state index < -0.39 is 0 Å². The molecule has 0 bridgehead atoms. The zero-order valence-electron chi connectivity index (χ0n) is 10.0. The largest absolute Gasteiger partial charge is 0.489 e. The van der Waals surface area contributed by atoms with Crippen LogP contribution < -0.4 is 10.5 Å². The molecule has 1 saturated heterocycles. The molecule has 2 nitrogen and oxygen atoms in total. The SMILES string of the molecule is NC1(c2ccccc2OC2CCSC2)CCC1. The van der Waals surface area contributed by atoms with Crippen LogP contribution in [0.4, 0.5) is 0 Å². The summed E-state index contributed by atoms with van der Waals surface area (Å²) >= 11 is 1.98. The lowest BCUT2D eigenvalue weighted by molar-refractivity contribution is 0.203. The van der Waals surface area contributed by atoms with Gasteiger partial charge in [-0.05, 0) is 37.5 Å². The van der Waals surface area contributed by atoms with Gasteiger partial charge in [0.2, 0.25) is 0 Å². The van der Waals surface area contributed by atoms with E-state index in [9.17, 15) is 0 Å². The third kappa shape index (κ3) is 2.18. The van der Waals surface area contributed by atoms with E-state index in [1.54, 1.807) is 0 Å². The highest BCUT2D eigenvalue weighted by molar-refractivity contribution is 7.99. The van der Waals surface area contributed by atoms with E-state index in [1.165, 1.54) is 17.7 Å². The number of ether oxygens (including phenoxy) is 1. The summed E-state index contributed by atoms with van der Waals surface area (Å²) in [6, 6.07) is 8.32. The molecule has 3 rings (SSSR count). The van der Waals surface area contributed by atoms with Crippen molar-refractivity contribution >= 4 is 11.8 Å². The lowest BCUT2D eigenvalue weighted by Gasteiger charge is -2.39. The predicted molar refractivity (Wildman–Crippen MR) is 72.5 cm³/mol. The minimum atomic E-state index is -0.123. The first kappa shape index (κ1) is 11.4. The Morgan fingerprint density at radius 1 is 1.29 bits per heavy atom. The maximum atomic E-state index is 6.41. The molecule has 17 heavy (non-hydrogen) atoms. The van der Waals surface area contributed by atoms with Crippen LogP contribution in [0.25, 0.3) is 0 Å². The van der Waals surface area contributed by atoms with E-state index in [0.717, 1.165) is 30.8 Å². The van der Waals surface area contributed by atoms with Gasteiger partial charge in [-0.1, -0.05) is 18.2 Å². The quantitative estimate of drug-likeness (QED) is 0.894. The first-order valence-corrected chi connectivity index (χ1v) is 7.56. The van der Waals surface area contributed by atoms with Crippen LogP contribution in [0.3, 0.4) is 0 Å². The van der Waals surface area contributed by atoms with Gasteiger partial charge in [-0.25, -0.2) is 0 Å². The smallest absolute Gasteiger partial charge is 0.124 e. The van der Waals surface area contributed by atoms with Crippen molar-refractivity contribution in [3.05, 3.63) is 29.8 Å². The highest BCUT2D eigenvalue weighted by Gasteiger charge is 2.37. The van der Waals surface area contributed by atoms with Gasteiger partial charge >= 0.3 is 0 Å². The maximum absolute atomic E-state index is 6.41. The van der Waals surface area contributed by atoms with Crippen molar-refractivity contribution < 1.29 is 4.74 Å². The van der Waals surface area contributed by atoms with Crippen LogP contribution in [-0.2, 0) is 5.54 Å². The van der Waals surface area contributed by atoms with Crippen molar-refractivity contribution in [2.75, 3.05) is 11.5 Å². The number of nitrogens with two attached hydrogens (primary N) is 1. The number of hydrogen-bond acceptors (Lipinski definition) is 3. The summed E-state index contributed by atoms with van der Waals surface area (Å²) in [6.07, 6.45) is 4.96. The third-order valence-electron chi connectivity index (χ3n) is 3.85. The van der Waals surface area contributed by atoms with Gasteiger partial charge in [0, 0.05) is 16.9 Å². The van der Waals surface area contributed by atoms with Crippen LogP contribution in [0.15, 0.2) is 24.3 Å². The molecule has 92 valence electrons. The molecule has 1 aromatic rings. The lowest BCUT2D eigenvalue weighted by Crippen LogP contribution is -2.43. The Hall–Kier alpha value is -0.670. The van der Waals surface area contributed by atoms with E-state index in [-0.39, 0.29) is 5.54 Å². The van der Waals surface area contributed by atoms with Crippen LogP contribution in [0, 0.1) is 0 Å². The predicted octanol–water partition coefficient (Wildman–Crippen LogP) is 2.91. The molecule has 0 spiro atoms. The topological polar surface area (TPSA) is 35.2 Å². The minimum absolute atomic E-state index is 0.123. The molecule has 1 aliphatic heterocycles. The number of hydrogen-bond donors (Lipinski definition) is 1. The summed E-state index contributed by atoms with van der Waals surface area (Å²) < 4.78 is 6.13. The van der Waals surface area contributed by atoms with Crippen molar-refractivity contribution in [2.24, 2.45) is 5.73 Å². The maximum Gasteiger partial charge on any atom is 0.124 e. The highest BCUT2D eigenvalue weighted by Crippen LogP contribution is 2.43. The molecule has 1 heterocycles. The fourth-order valence-corrected chi connectivity index (χ4v) is 3.69. The van der Waals surface area contributed by atoms with Gasteiger partial charge in [0.1, 0.15) is 11.9 Å². The van der Waals surface area contributed by atoms with Gasteiger partial charge in [0.25, 0.3) is 0 Å². The Bertz CT molecular complexity index is 397. The van der Waals surface area contributed by atoms with E-state index in [4.69, 9.17) is 10.5 Å². The normalized spacial score (nSPS) is 26.5. The number of rotatable bonds is 3. The van der Waals surface area contributed by atoms with Gasteiger partial charge in [-0.2, -0.15) is 11.8 Å². The number of thioether (sulfide) groups is 1. The second kappa shape index (κ2) is 4.54. The first-order chi connectivity index (χ1) is 8.28. The van der Waals surface area contributed by atoms with Crippen molar-refractivity contribution in [1.29, 1.82) is 0 Å². The Morgan fingerprint density at radius 3 is 2.76 bits per heavy atom. The fraction of sp³-hybridized carbons (Fsp3) is 0.571. The van der Waals surface area contributed by atoms with Gasteiger partial charge in [0.05, 0.1) is 0 Å². The fourth-order valence-electron chi connectivity index (χ4n) is 2.59. The second-order valence-corrected chi connectivity index (χ2v) is 6.26. The molecule has 1 unspecified atom stereocenters. The summed E-state index contributed by atoms with van der Waals surface area (Å²) in [7, 11) is 0. The van der Waals surface area contributed by atoms with Crippen LogP contribution in [-0.4, -0.2) is 17.6 Å². The third-order valence-corrected chi connectivity index (χ3v) is 4.98. The Labute approximate surface area is 107 Å². The monoisotopic (exact) mass is 249 g/mol. The molecule has 1 saturated carbocycles. The zero-order valence-corrected chi connectivity index (χ0v) is 10.8. The van der Waals surface area contributed by atoms with Crippen LogP contribution in [0.1, 0.15) is 31.2 Å². The molecule has 3 heteroatoms. The molecule has 0 radical (unpaired) electrons. The summed E-state index contributed by atoms with van der Waals surface area (Å²) in [5, 5.41) is 0. The average molecular weight is 249 g/mol. The second-order valence-electron chi connectivity index (χ2n) is 5.11. The summed E-state index contributed by atoms with van der Waals surface area (Å²) in [5.41, 5.74) is 7.50. The molecule has 0 aromatic heterocycles. The van der Waals surface area contributed by atoms with E-state index in [2.05, 4.69) is 18.2 Å². The summed E-state index contributed by atoms with van der Waals surface area (Å²) in [5.74, 6) is 3.36. The Kier molecular flexibility index (Phi) is 3.05. The van der Waals surface area contributed by atoms with Gasteiger partial charge in [-0.15, -0.1) is 0 Å². The molecule has 2 N–H and O–H groups in total. The van der Waals surface area contributed by atoms with E-state index >= 15 is 0 Å². The minimum Gasteiger partial charge on any atom is -0.489 e. The van der Waals surface area contributed by atoms with Gasteiger partial charge in [0.15, 0.2) is 0 Å². The summed E-state index contributed by atoms with van der Waals surface area (Å²) in [6.45, 7) is 0. The Morgan fingerprint density at radius 2 is 2.12 bits per heavy atom. The first-order valence-electron chi connectivity index (χ1n) is 6.41. The lowest BCUT2D eigenvalue weighted by atomic mass is 9.72. The van der Waals surface area contributed by atoms with Crippen LogP contribution >= 0.6 is 11.8 Å². The van der Waals surface area contributed by atoms with Crippen LogP contribution in [0.2, 0.25) is 0 Å². The van der Waals surface area contributed by atoms with Crippen molar-refractivity contribution in [2.45, 2.75) is 37.3 Å².